The van der Waals surface area contributed by atoms with Gasteiger partial charge in [0.05, 0.1) is 0 Å². The number of carbonyl (C=O) groups is 2. The van der Waals surface area contributed by atoms with Crippen molar-refractivity contribution < 1.29 is 9.59 Å². The fraction of sp³-hybridized carbons (Fsp3) is 0.263. The minimum Gasteiger partial charge on any atom is -0.354 e. The summed E-state index contributed by atoms with van der Waals surface area (Å²) in [6.07, 6.45) is 0.762. The minimum atomic E-state index is -0.558. The largest absolute Gasteiger partial charge is 0.354 e. The van der Waals surface area contributed by atoms with Gasteiger partial charge in [0.25, 0.3) is 0 Å². The van der Waals surface area contributed by atoms with Crippen LogP contribution >= 0.6 is 27.7 Å². The highest BCUT2D eigenvalue weighted by Gasteiger charge is 2.19. The molecule has 2 amide bonds. The van der Waals surface area contributed by atoms with Crippen LogP contribution in [0.3, 0.4) is 0 Å². The molecule has 132 valence electrons. The molecule has 0 bridgehead atoms. The summed E-state index contributed by atoms with van der Waals surface area (Å²) in [5.41, 5.74) is 1.17. The second-order valence-corrected chi connectivity index (χ2v) is 7.56. The number of rotatable bonds is 8. The quantitative estimate of drug-likeness (QED) is 0.643. The second-order valence-electron chi connectivity index (χ2n) is 5.55. The van der Waals surface area contributed by atoms with Gasteiger partial charge in [-0.25, -0.2) is 0 Å². The first-order valence-corrected chi connectivity index (χ1v) is 9.79. The summed E-state index contributed by atoms with van der Waals surface area (Å²) >= 11 is 4.97. The summed E-state index contributed by atoms with van der Waals surface area (Å²) in [5, 5.41) is 5.64. The van der Waals surface area contributed by atoms with E-state index in [1.807, 2.05) is 54.6 Å². The Morgan fingerprint density at radius 3 is 2.56 bits per heavy atom. The molecule has 0 saturated carbocycles. The molecule has 0 aliphatic heterocycles. The molecule has 0 spiro atoms. The smallest absolute Gasteiger partial charge is 0.243 e. The summed E-state index contributed by atoms with van der Waals surface area (Å²) in [6.45, 7) is 1.97. The Kier molecular flexibility index (Phi) is 8.01. The number of amides is 2. The third kappa shape index (κ3) is 7.32. The van der Waals surface area contributed by atoms with E-state index in [1.165, 1.54) is 24.2 Å². The van der Waals surface area contributed by atoms with Gasteiger partial charge in [0.2, 0.25) is 11.8 Å². The molecule has 0 saturated heterocycles. The van der Waals surface area contributed by atoms with Crippen molar-refractivity contribution in [3.05, 3.63) is 64.6 Å². The SMILES string of the molecule is CC(=O)NC(CSc1cccc(Br)c1)C(=O)NCCc1ccccc1. The molecule has 0 radical (unpaired) electrons. The van der Waals surface area contributed by atoms with Crippen LogP contribution in [0.1, 0.15) is 12.5 Å². The second kappa shape index (κ2) is 10.3. The molecule has 0 aromatic heterocycles. The molecule has 4 nitrogen and oxygen atoms in total. The van der Waals surface area contributed by atoms with E-state index < -0.39 is 6.04 Å². The molecule has 0 aliphatic carbocycles. The zero-order valence-corrected chi connectivity index (χ0v) is 16.4. The average molecular weight is 421 g/mol. The number of hydrogen-bond acceptors (Lipinski definition) is 3. The number of halogens is 1. The topological polar surface area (TPSA) is 58.2 Å². The Labute approximate surface area is 160 Å². The Balaban J connectivity index is 1.86. The first-order valence-electron chi connectivity index (χ1n) is 8.01. The first kappa shape index (κ1) is 19.5. The molecule has 1 unspecified atom stereocenters. The maximum absolute atomic E-state index is 12.4. The lowest BCUT2D eigenvalue weighted by atomic mass is 10.1. The van der Waals surface area contributed by atoms with Crippen LogP contribution in [0.4, 0.5) is 0 Å². The van der Waals surface area contributed by atoms with Gasteiger partial charge in [-0.05, 0) is 30.2 Å². The van der Waals surface area contributed by atoms with Gasteiger partial charge in [0, 0.05) is 28.6 Å². The molecule has 2 rings (SSSR count). The van der Waals surface area contributed by atoms with Crippen molar-refractivity contribution in [2.75, 3.05) is 12.3 Å². The van der Waals surface area contributed by atoms with Gasteiger partial charge in [-0.15, -0.1) is 11.8 Å². The highest BCUT2D eigenvalue weighted by Crippen LogP contribution is 2.22. The highest BCUT2D eigenvalue weighted by molar-refractivity contribution is 9.10. The van der Waals surface area contributed by atoms with E-state index in [0.717, 1.165) is 15.8 Å². The van der Waals surface area contributed by atoms with E-state index in [4.69, 9.17) is 0 Å². The van der Waals surface area contributed by atoms with Crippen LogP contribution in [-0.2, 0) is 16.0 Å². The maximum Gasteiger partial charge on any atom is 0.243 e. The van der Waals surface area contributed by atoms with Crippen molar-refractivity contribution in [3.8, 4) is 0 Å². The third-order valence-electron chi connectivity index (χ3n) is 3.46. The summed E-state index contributed by atoms with van der Waals surface area (Å²) in [4.78, 5) is 24.9. The standard InChI is InChI=1S/C19H21BrN2O2S/c1-14(23)22-18(13-25-17-9-5-8-16(20)12-17)19(24)21-11-10-15-6-3-2-4-7-15/h2-9,12,18H,10-11,13H2,1H3,(H,21,24)(H,22,23). The van der Waals surface area contributed by atoms with Gasteiger partial charge < -0.3 is 10.6 Å². The van der Waals surface area contributed by atoms with Crippen molar-refractivity contribution >= 4 is 39.5 Å². The summed E-state index contributed by atoms with van der Waals surface area (Å²) in [6, 6.07) is 17.3. The van der Waals surface area contributed by atoms with Crippen LogP contribution in [-0.4, -0.2) is 30.2 Å². The maximum atomic E-state index is 12.4. The molecule has 0 aliphatic rings. The van der Waals surface area contributed by atoms with Crippen LogP contribution in [0.2, 0.25) is 0 Å². The van der Waals surface area contributed by atoms with Gasteiger partial charge in [-0.3, -0.25) is 9.59 Å². The van der Waals surface area contributed by atoms with E-state index in [1.54, 1.807) is 0 Å². The monoisotopic (exact) mass is 420 g/mol. The number of nitrogens with one attached hydrogen (secondary N) is 2. The zero-order valence-electron chi connectivity index (χ0n) is 14.0. The van der Waals surface area contributed by atoms with Crippen molar-refractivity contribution in [1.29, 1.82) is 0 Å². The van der Waals surface area contributed by atoms with E-state index in [2.05, 4.69) is 26.6 Å². The van der Waals surface area contributed by atoms with Crippen molar-refractivity contribution in [2.45, 2.75) is 24.3 Å². The van der Waals surface area contributed by atoms with Gasteiger partial charge in [-0.1, -0.05) is 52.3 Å². The van der Waals surface area contributed by atoms with Gasteiger partial charge in [0.15, 0.2) is 0 Å². The zero-order chi connectivity index (χ0) is 18.1. The number of hydrogen-bond donors (Lipinski definition) is 2. The van der Waals surface area contributed by atoms with Crippen LogP contribution in [0.5, 0.6) is 0 Å². The summed E-state index contributed by atoms with van der Waals surface area (Å²) in [5.74, 6) is 0.111. The Bertz CT molecular complexity index is 710. The Hall–Kier alpha value is -1.79. The van der Waals surface area contributed by atoms with E-state index in [-0.39, 0.29) is 11.8 Å². The molecule has 25 heavy (non-hydrogen) atoms. The number of benzene rings is 2. The molecular weight excluding hydrogens is 400 g/mol. The van der Waals surface area contributed by atoms with Crippen molar-refractivity contribution in [1.82, 2.24) is 10.6 Å². The third-order valence-corrected chi connectivity index (χ3v) is 5.04. The lowest BCUT2D eigenvalue weighted by molar-refractivity contribution is -0.127. The molecule has 2 N–H and O–H groups in total. The Morgan fingerprint density at radius 1 is 1.12 bits per heavy atom. The summed E-state index contributed by atoms with van der Waals surface area (Å²) < 4.78 is 0.987. The number of thioether (sulfide) groups is 1. The molecule has 2 aromatic carbocycles. The molecule has 0 fully saturated rings. The average Bonchev–Trinajstić information content (AvgIpc) is 2.59. The fourth-order valence-electron chi connectivity index (χ4n) is 2.26. The van der Waals surface area contributed by atoms with Gasteiger partial charge >= 0.3 is 0 Å². The lowest BCUT2D eigenvalue weighted by Crippen LogP contribution is -2.48. The van der Waals surface area contributed by atoms with Crippen molar-refractivity contribution in [2.24, 2.45) is 0 Å². The molecule has 6 heteroatoms. The number of carbonyl (C=O) groups excluding carboxylic acids is 2. The van der Waals surface area contributed by atoms with E-state index in [0.29, 0.717) is 12.3 Å². The minimum absolute atomic E-state index is 0.159. The molecule has 2 aromatic rings. The van der Waals surface area contributed by atoms with Crippen LogP contribution in [0.15, 0.2) is 64.0 Å². The van der Waals surface area contributed by atoms with Gasteiger partial charge in [0.1, 0.15) is 6.04 Å². The molecular formula is C19H21BrN2O2S. The van der Waals surface area contributed by atoms with Crippen LogP contribution in [0.25, 0.3) is 0 Å². The van der Waals surface area contributed by atoms with Gasteiger partial charge in [-0.2, -0.15) is 0 Å². The normalized spacial score (nSPS) is 11.6. The lowest BCUT2D eigenvalue weighted by Gasteiger charge is -2.17. The van der Waals surface area contributed by atoms with Crippen LogP contribution in [0, 0.1) is 0 Å². The molecule has 1 atom stereocenters. The highest BCUT2D eigenvalue weighted by atomic mass is 79.9. The van der Waals surface area contributed by atoms with Crippen molar-refractivity contribution in [3.63, 3.8) is 0 Å². The Morgan fingerprint density at radius 2 is 1.88 bits per heavy atom. The van der Waals surface area contributed by atoms with E-state index >= 15 is 0 Å². The summed E-state index contributed by atoms with van der Waals surface area (Å²) in [7, 11) is 0. The van der Waals surface area contributed by atoms with E-state index in [9.17, 15) is 9.59 Å². The first-order chi connectivity index (χ1) is 12.0. The van der Waals surface area contributed by atoms with Crippen LogP contribution < -0.4 is 10.6 Å². The fourth-order valence-corrected chi connectivity index (χ4v) is 3.79. The molecule has 0 heterocycles. The predicted octanol–water partition coefficient (Wildman–Crippen LogP) is 3.40. The predicted molar refractivity (Wildman–Crippen MR) is 106 cm³/mol.